The van der Waals surface area contributed by atoms with Gasteiger partial charge in [0.05, 0.1) is 12.9 Å². The van der Waals surface area contributed by atoms with E-state index in [0.29, 0.717) is 15.0 Å². The Labute approximate surface area is 145 Å². The van der Waals surface area contributed by atoms with Crippen molar-refractivity contribution in [2.75, 3.05) is 18.9 Å². The number of nitrogen functional groups attached to an aromatic ring is 1. The minimum Gasteiger partial charge on any atom is -0.394 e. The average molecular weight is 438 g/mol. The van der Waals surface area contributed by atoms with E-state index >= 15 is 0 Å². The topological polar surface area (TPSA) is 166 Å². The molecule has 0 radical (unpaired) electrons. The van der Waals surface area contributed by atoms with Crippen molar-refractivity contribution in [3.8, 4) is 0 Å². The summed E-state index contributed by atoms with van der Waals surface area (Å²) in [5.74, 6) is 0.227. The molecule has 3 rings (SSSR count). The highest BCUT2D eigenvalue weighted by Gasteiger charge is 2.44. The highest BCUT2D eigenvalue weighted by Crippen LogP contribution is 2.31. The first-order valence-corrected chi connectivity index (χ1v) is 8.00. The van der Waals surface area contributed by atoms with E-state index in [4.69, 9.17) is 21.3 Å². The normalized spacial score (nSPS) is 27.0. The molecule has 0 spiro atoms. The fraction of sp³-hybridized carbons (Fsp3) is 0.583. The van der Waals surface area contributed by atoms with E-state index in [1.54, 1.807) is 0 Å². The summed E-state index contributed by atoms with van der Waals surface area (Å²) in [6.07, 6.45) is -2.71. The molecule has 2 aromatic heterocycles. The standard InChI is InChI=1S/C10H12IN5O4.C2H7N/c11-10-14-7(12)4-8(15-10)16(2-13-4)9-6(19)5(18)3(1-17)20-9;1-2-3/h2-3,5-6,9,17-19H,1H2,(H2,12,14,15);2-3H2,1H3/t3-,5-,6-,9-;/m1./s1. The first kappa shape index (κ1) is 18.2. The maximum atomic E-state index is 10.0. The van der Waals surface area contributed by atoms with Crippen LogP contribution in [-0.2, 0) is 4.74 Å². The molecule has 0 saturated carbocycles. The van der Waals surface area contributed by atoms with Crippen LogP contribution in [0.15, 0.2) is 6.33 Å². The minimum absolute atomic E-state index is 0.227. The summed E-state index contributed by atoms with van der Waals surface area (Å²) in [7, 11) is 0. The average Bonchev–Trinajstić information content (AvgIpc) is 3.03. The lowest BCUT2D eigenvalue weighted by Gasteiger charge is -2.16. The number of nitrogens with two attached hydrogens (primary N) is 2. The zero-order chi connectivity index (χ0) is 17.1. The fourth-order valence-corrected chi connectivity index (χ4v) is 2.70. The van der Waals surface area contributed by atoms with E-state index in [9.17, 15) is 10.2 Å². The summed E-state index contributed by atoms with van der Waals surface area (Å²) in [5.41, 5.74) is 11.4. The number of hydrogen-bond donors (Lipinski definition) is 5. The van der Waals surface area contributed by atoms with Crippen LogP contribution >= 0.6 is 22.6 Å². The van der Waals surface area contributed by atoms with Gasteiger partial charge in [0.1, 0.15) is 23.8 Å². The van der Waals surface area contributed by atoms with Crippen molar-refractivity contribution in [1.29, 1.82) is 0 Å². The molecule has 0 unspecified atom stereocenters. The van der Waals surface area contributed by atoms with Crippen molar-refractivity contribution in [2.45, 2.75) is 31.5 Å². The van der Waals surface area contributed by atoms with E-state index in [2.05, 4.69) is 15.0 Å². The smallest absolute Gasteiger partial charge is 0.194 e. The Balaban J connectivity index is 0.000000595. The van der Waals surface area contributed by atoms with Crippen molar-refractivity contribution in [3.63, 3.8) is 0 Å². The molecule has 10 nitrogen and oxygen atoms in total. The number of fused-ring (bicyclic) bond motifs is 1. The van der Waals surface area contributed by atoms with Gasteiger partial charge in [0.15, 0.2) is 21.5 Å². The Morgan fingerprint density at radius 1 is 1.35 bits per heavy atom. The van der Waals surface area contributed by atoms with Crippen LogP contribution in [0.5, 0.6) is 0 Å². The zero-order valence-electron chi connectivity index (χ0n) is 12.4. The number of rotatable bonds is 2. The van der Waals surface area contributed by atoms with Gasteiger partial charge in [0.25, 0.3) is 0 Å². The molecule has 1 aliphatic heterocycles. The lowest BCUT2D eigenvalue weighted by atomic mass is 10.1. The lowest BCUT2D eigenvalue weighted by Crippen LogP contribution is -2.33. The molecule has 23 heavy (non-hydrogen) atoms. The highest BCUT2D eigenvalue weighted by atomic mass is 127. The summed E-state index contributed by atoms with van der Waals surface area (Å²) in [5, 5.41) is 28.9. The van der Waals surface area contributed by atoms with Gasteiger partial charge in [-0.2, -0.15) is 0 Å². The van der Waals surface area contributed by atoms with Crippen molar-refractivity contribution >= 4 is 39.6 Å². The number of nitrogens with zero attached hydrogens (tertiary/aromatic N) is 4. The van der Waals surface area contributed by atoms with Crippen molar-refractivity contribution in [1.82, 2.24) is 19.5 Å². The van der Waals surface area contributed by atoms with Gasteiger partial charge in [0, 0.05) is 22.6 Å². The molecule has 0 amide bonds. The third kappa shape index (κ3) is 3.54. The number of ether oxygens (including phenoxy) is 1. The van der Waals surface area contributed by atoms with Crippen LogP contribution in [0.4, 0.5) is 5.82 Å². The molecule has 2 aromatic rings. The van der Waals surface area contributed by atoms with Crippen LogP contribution in [0.1, 0.15) is 13.2 Å². The number of imidazole rings is 1. The Morgan fingerprint density at radius 2 is 2.00 bits per heavy atom. The quantitative estimate of drug-likeness (QED) is 0.280. The van der Waals surface area contributed by atoms with Gasteiger partial charge in [-0.05, 0) is 6.54 Å². The molecular weight excluding hydrogens is 419 g/mol. The van der Waals surface area contributed by atoms with Gasteiger partial charge < -0.3 is 31.5 Å². The second-order valence-corrected chi connectivity index (χ2v) is 5.80. The molecule has 0 bridgehead atoms. The summed E-state index contributed by atoms with van der Waals surface area (Å²) in [4.78, 5) is 12.3. The van der Waals surface area contributed by atoms with Gasteiger partial charge in [0.2, 0.25) is 0 Å². The van der Waals surface area contributed by atoms with Crippen molar-refractivity contribution in [2.24, 2.45) is 5.73 Å². The summed E-state index contributed by atoms with van der Waals surface area (Å²) in [6.45, 7) is 2.26. The third-order valence-corrected chi connectivity index (χ3v) is 3.69. The molecule has 7 N–H and O–H groups in total. The first-order chi connectivity index (χ1) is 10.9. The molecule has 1 aliphatic rings. The van der Waals surface area contributed by atoms with Crippen LogP contribution in [0, 0.1) is 3.83 Å². The Kier molecular flexibility index (Phi) is 6.05. The van der Waals surface area contributed by atoms with E-state index in [1.165, 1.54) is 10.9 Å². The molecule has 4 atom stereocenters. The first-order valence-electron chi connectivity index (χ1n) is 6.92. The highest BCUT2D eigenvalue weighted by molar-refractivity contribution is 14.1. The number of aromatic nitrogens is 4. The SMILES string of the molecule is CCN.Nc1nc(I)nc2c1ncn2[C@@H]1O[C@H](CO)[C@@H](O)[C@H]1O. The molecule has 128 valence electrons. The Bertz CT molecular complexity index is 668. The number of hydrogen-bond acceptors (Lipinski definition) is 9. The van der Waals surface area contributed by atoms with Gasteiger partial charge >= 0.3 is 0 Å². The number of halogens is 1. The van der Waals surface area contributed by atoms with Crippen LogP contribution in [0.25, 0.3) is 11.2 Å². The predicted molar refractivity (Wildman–Crippen MR) is 90.2 cm³/mol. The van der Waals surface area contributed by atoms with Gasteiger partial charge in [-0.1, -0.05) is 6.92 Å². The number of anilines is 1. The number of aliphatic hydroxyl groups excluding tert-OH is 3. The zero-order valence-corrected chi connectivity index (χ0v) is 14.5. The van der Waals surface area contributed by atoms with Crippen LogP contribution < -0.4 is 11.5 Å². The molecule has 1 saturated heterocycles. The third-order valence-electron chi connectivity index (χ3n) is 3.21. The van der Waals surface area contributed by atoms with Crippen LogP contribution in [-0.4, -0.2) is 66.3 Å². The van der Waals surface area contributed by atoms with E-state index in [1.807, 2.05) is 29.5 Å². The lowest BCUT2D eigenvalue weighted by molar-refractivity contribution is -0.0511. The van der Waals surface area contributed by atoms with Crippen LogP contribution in [0.3, 0.4) is 0 Å². The van der Waals surface area contributed by atoms with Gasteiger partial charge in [-0.15, -0.1) is 0 Å². The van der Waals surface area contributed by atoms with Gasteiger partial charge in [-0.3, -0.25) is 4.57 Å². The van der Waals surface area contributed by atoms with Crippen molar-refractivity contribution in [3.05, 3.63) is 10.2 Å². The van der Waals surface area contributed by atoms with Gasteiger partial charge in [-0.25, -0.2) is 15.0 Å². The fourth-order valence-electron chi connectivity index (χ4n) is 2.21. The monoisotopic (exact) mass is 438 g/mol. The number of aliphatic hydroxyl groups is 3. The molecule has 1 fully saturated rings. The van der Waals surface area contributed by atoms with Crippen LogP contribution in [0.2, 0.25) is 0 Å². The maximum absolute atomic E-state index is 10.0. The molecule has 0 aliphatic carbocycles. The maximum Gasteiger partial charge on any atom is 0.194 e. The largest absolute Gasteiger partial charge is 0.394 e. The predicted octanol–water partition coefficient (Wildman–Crippen LogP) is -1.41. The van der Waals surface area contributed by atoms with E-state index < -0.39 is 31.1 Å². The summed E-state index contributed by atoms with van der Waals surface area (Å²) in [6, 6.07) is 0. The second-order valence-electron chi connectivity index (χ2n) is 4.84. The minimum atomic E-state index is -1.20. The second kappa shape index (κ2) is 7.63. The molecule has 0 aromatic carbocycles. The summed E-state index contributed by atoms with van der Waals surface area (Å²) >= 11 is 1.92. The molecular formula is C12H19IN6O4. The molecule has 11 heteroatoms. The van der Waals surface area contributed by atoms with E-state index in [0.717, 1.165) is 6.54 Å². The molecule has 3 heterocycles. The Hall–Kier alpha value is -1.12. The van der Waals surface area contributed by atoms with E-state index in [-0.39, 0.29) is 5.82 Å². The van der Waals surface area contributed by atoms with Crippen molar-refractivity contribution < 1.29 is 20.1 Å². The Morgan fingerprint density at radius 3 is 2.57 bits per heavy atom. The summed E-state index contributed by atoms with van der Waals surface area (Å²) < 4.78 is 7.34.